The van der Waals surface area contributed by atoms with Crippen molar-refractivity contribution < 1.29 is 14.4 Å². The monoisotopic (exact) mass is 198 g/mol. The molecule has 5 nitrogen and oxygen atoms in total. The van der Waals surface area contributed by atoms with Crippen LogP contribution in [0, 0.1) is 0 Å². The highest BCUT2D eigenvalue weighted by atomic mass is 16.5. The second kappa shape index (κ2) is 3.79. The number of hydrogen-bond donors (Lipinski definition) is 1. The fourth-order valence-electron chi connectivity index (χ4n) is 0.876. The molecular formula is C9H14N2O3. The summed E-state index contributed by atoms with van der Waals surface area (Å²) in [4.78, 5) is 13.1. The van der Waals surface area contributed by atoms with E-state index in [0.717, 1.165) is 0 Å². The molecule has 5 heteroatoms. The second-order valence-corrected chi connectivity index (χ2v) is 3.72. The van der Waals surface area contributed by atoms with E-state index in [4.69, 9.17) is 5.11 Å². The Labute approximate surface area is 82.3 Å². The van der Waals surface area contributed by atoms with Gasteiger partial charge in [-0.15, -0.1) is 0 Å². The fraction of sp³-hybridized carbons (Fsp3) is 0.556. The standard InChI is InChI=1S/C9H14N2O3/c1-9(2,6-12)11(3)8(13)7-4-5-14-10-7/h4-5,12H,6H2,1-3H3. The Hall–Kier alpha value is -1.36. The predicted octanol–water partition coefficient (Wildman–Crippen LogP) is 0.518. The minimum atomic E-state index is -0.601. The van der Waals surface area contributed by atoms with Gasteiger partial charge in [-0.2, -0.15) is 0 Å². The normalized spacial score (nSPS) is 11.4. The van der Waals surface area contributed by atoms with Crippen molar-refractivity contribution in [3.63, 3.8) is 0 Å². The lowest BCUT2D eigenvalue weighted by atomic mass is 10.0. The lowest BCUT2D eigenvalue weighted by Gasteiger charge is -2.33. The van der Waals surface area contributed by atoms with Crippen molar-refractivity contribution in [2.75, 3.05) is 13.7 Å². The van der Waals surface area contributed by atoms with Crippen LogP contribution in [0.15, 0.2) is 16.9 Å². The van der Waals surface area contributed by atoms with Gasteiger partial charge in [-0.1, -0.05) is 5.16 Å². The third-order valence-corrected chi connectivity index (χ3v) is 2.26. The van der Waals surface area contributed by atoms with Gasteiger partial charge in [-0.25, -0.2) is 0 Å². The largest absolute Gasteiger partial charge is 0.394 e. The zero-order valence-corrected chi connectivity index (χ0v) is 8.52. The summed E-state index contributed by atoms with van der Waals surface area (Å²) in [7, 11) is 1.62. The number of hydrogen-bond acceptors (Lipinski definition) is 4. The fourth-order valence-corrected chi connectivity index (χ4v) is 0.876. The van der Waals surface area contributed by atoms with Crippen LogP contribution < -0.4 is 0 Å². The average Bonchev–Trinajstić information content (AvgIpc) is 2.68. The van der Waals surface area contributed by atoms with Crippen LogP contribution in [0.5, 0.6) is 0 Å². The summed E-state index contributed by atoms with van der Waals surface area (Å²) in [6, 6.07) is 1.49. The van der Waals surface area contributed by atoms with E-state index in [0.29, 0.717) is 0 Å². The number of aromatic nitrogens is 1. The van der Waals surface area contributed by atoms with Crippen molar-refractivity contribution in [3.05, 3.63) is 18.0 Å². The number of rotatable bonds is 3. The van der Waals surface area contributed by atoms with E-state index in [9.17, 15) is 4.79 Å². The Morgan fingerprint density at radius 3 is 2.79 bits per heavy atom. The molecule has 0 aliphatic heterocycles. The van der Waals surface area contributed by atoms with E-state index in [1.54, 1.807) is 20.9 Å². The summed E-state index contributed by atoms with van der Waals surface area (Å²) in [5.74, 6) is -0.266. The van der Waals surface area contributed by atoms with Gasteiger partial charge in [0.25, 0.3) is 5.91 Å². The molecule has 0 saturated heterocycles. The number of carbonyl (C=O) groups excluding carboxylic acids is 1. The highest BCUT2D eigenvalue weighted by Crippen LogP contribution is 2.14. The molecule has 0 aromatic carbocycles. The summed E-state index contributed by atoms with van der Waals surface area (Å²) in [5.41, 5.74) is -0.357. The molecule has 0 spiro atoms. The van der Waals surface area contributed by atoms with Crippen LogP contribution in [-0.2, 0) is 0 Å². The molecule has 1 aromatic heterocycles. The van der Waals surface area contributed by atoms with Gasteiger partial charge >= 0.3 is 0 Å². The number of aliphatic hydroxyl groups excluding tert-OH is 1. The molecule has 0 aliphatic carbocycles. The number of amides is 1. The second-order valence-electron chi connectivity index (χ2n) is 3.72. The quantitative estimate of drug-likeness (QED) is 0.768. The van der Waals surface area contributed by atoms with Gasteiger partial charge < -0.3 is 14.5 Å². The first-order valence-electron chi connectivity index (χ1n) is 4.28. The van der Waals surface area contributed by atoms with Crippen molar-refractivity contribution in [3.8, 4) is 0 Å². The first kappa shape index (κ1) is 10.7. The first-order chi connectivity index (χ1) is 6.49. The topological polar surface area (TPSA) is 66.6 Å². The Balaban J connectivity index is 2.81. The van der Waals surface area contributed by atoms with Gasteiger partial charge in [0.05, 0.1) is 12.1 Å². The molecule has 0 atom stereocenters. The zero-order chi connectivity index (χ0) is 10.8. The SMILES string of the molecule is CN(C(=O)c1ccon1)C(C)(C)CO. The van der Waals surface area contributed by atoms with Crippen molar-refractivity contribution in [2.24, 2.45) is 0 Å². The predicted molar refractivity (Wildman–Crippen MR) is 49.8 cm³/mol. The maximum absolute atomic E-state index is 11.7. The van der Waals surface area contributed by atoms with Gasteiger partial charge in [0.15, 0.2) is 5.69 Å². The molecule has 0 aliphatic rings. The Morgan fingerprint density at radius 1 is 1.71 bits per heavy atom. The molecule has 14 heavy (non-hydrogen) atoms. The molecule has 0 fully saturated rings. The highest BCUT2D eigenvalue weighted by Gasteiger charge is 2.28. The van der Waals surface area contributed by atoms with Gasteiger partial charge in [0, 0.05) is 13.1 Å². The van der Waals surface area contributed by atoms with Crippen LogP contribution in [0.4, 0.5) is 0 Å². The minimum Gasteiger partial charge on any atom is -0.394 e. The van der Waals surface area contributed by atoms with Crippen LogP contribution in [0.25, 0.3) is 0 Å². The van der Waals surface area contributed by atoms with Crippen molar-refractivity contribution >= 4 is 5.91 Å². The third-order valence-electron chi connectivity index (χ3n) is 2.26. The van der Waals surface area contributed by atoms with Crippen LogP contribution in [0.1, 0.15) is 24.3 Å². The van der Waals surface area contributed by atoms with E-state index >= 15 is 0 Å². The molecule has 1 N–H and O–H groups in total. The molecule has 1 heterocycles. The minimum absolute atomic E-state index is 0.104. The molecular weight excluding hydrogens is 184 g/mol. The number of nitrogens with zero attached hydrogens (tertiary/aromatic N) is 2. The number of aliphatic hydroxyl groups is 1. The maximum Gasteiger partial charge on any atom is 0.276 e. The summed E-state index contributed by atoms with van der Waals surface area (Å²) < 4.78 is 4.57. The third kappa shape index (κ3) is 1.93. The van der Waals surface area contributed by atoms with Crippen molar-refractivity contribution in [1.82, 2.24) is 10.1 Å². The van der Waals surface area contributed by atoms with Crippen LogP contribution in [0.3, 0.4) is 0 Å². The lowest BCUT2D eigenvalue weighted by Crippen LogP contribution is -2.47. The molecule has 0 saturated carbocycles. The van der Waals surface area contributed by atoms with E-state index in [1.165, 1.54) is 17.2 Å². The molecule has 0 bridgehead atoms. The van der Waals surface area contributed by atoms with Gasteiger partial charge in [-0.3, -0.25) is 4.79 Å². The molecule has 78 valence electrons. The van der Waals surface area contributed by atoms with E-state index in [2.05, 4.69) is 9.68 Å². The van der Waals surface area contributed by atoms with Crippen molar-refractivity contribution in [2.45, 2.75) is 19.4 Å². The van der Waals surface area contributed by atoms with Gasteiger partial charge in [-0.05, 0) is 13.8 Å². The Kier molecular flexibility index (Phi) is 2.90. The first-order valence-corrected chi connectivity index (χ1v) is 4.28. The summed E-state index contributed by atoms with van der Waals surface area (Å²) in [6.45, 7) is 3.43. The molecule has 1 aromatic rings. The van der Waals surface area contributed by atoms with E-state index < -0.39 is 5.54 Å². The zero-order valence-electron chi connectivity index (χ0n) is 8.52. The maximum atomic E-state index is 11.7. The van der Waals surface area contributed by atoms with Gasteiger partial charge in [0.2, 0.25) is 0 Å². The van der Waals surface area contributed by atoms with Gasteiger partial charge in [0.1, 0.15) is 6.26 Å². The number of carbonyl (C=O) groups is 1. The highest BCUT2D eigenvalue weighted by molar-refractivity contribution is 5.92. The summed E-state index contributed by atoms with van der Waals surface area (Å²) >= 11 is 0. The van der Waals surface area contributed by atoms with Crippen LogP contribution in [-0.4, -0.2) is 40.3 Å². The Morgan fingerprint density at radius 2 is 2.36 bits per heavy atom. The number of likely N-dealkylation sites (N-methyl/N-ethyl adjacent to an activating group) is 1. The smallest absolute Gasteiger partial charge is 0.276 e. The Bertz CT molecular complexity index is 306. The summed E-state index contributed by atoms with van der Waals surface area (Å²) in [5, 5.41) is 12.6. The molecule has 0 unspecified atom stereocenters. The van der Waals surface area contributed by atoms with Crippen LogP contribution >= 0.6 is 0 Å². The van der Waals surface area contributed by atoms with Crippen molar-refractivity contribution in [1.29, 1.82) is 0 Å². The molecule has 1 rings (SSSR count). The molecule has 1 amide bonds. The van der Waals surface area contributed by atoms with E-state index in [1.807, 2.05) is 0 Å². The molecule has 0 radical (unpaired) electrons. The van der Waals surface area contributed by atoms with E-state index in [-0.39, 0.29) is 18.2 Å². The lowest BCUT2D eigenvalue weighted by molar-refractivity contribution is 0.0464. The summed E-state index contributed by atoms with van der Waals surface area (Å²) in [6.07, 6.45) is 1.34. The average molecular weight is 198 g/mol. The van der Waals surface area contributed by atoms with Crippen LogP contribution in [0.2, 0.25) is 0 Å².